The van der Waals surface area contributed by atoms with Crippen LogP contribution in [0.3, 0.4) is 0 Å². The van der Waals surface area contributed by atoms with E-state index in [1.54, 1.807) is 6.08 Å². The molecule has 104 valence electrons. The predicted octanol–water partition coefficient (Wildman–Crippen LogP) is 2.12. The highest BCUT2D eigenvalue weighted by atomic mass is 16.5. The summed E-state index contributed by atoms with van der Waals surface area (Å²) < 4.78 is 9.13. The van der Waals surface area contributed by atoms with E-state index in [9.17, 15) is 9.59 Å². The minimum Gasteiger partial charge on any atom is -0.469 e. The summed E-state index contributed by atoms with van der Waals surface area (Å²) in [6.45, 7) is 6.02. The van der Waals surface area contributed by atoms with Crippen LogP contribution in [0.15, 0.2) is 12.2 Å². The van der Waals surface area contributed by atoms with Crippen molar-refractivity contribution >= 4 is 12.1 Å². The monoisotopic (exact) mass is 257 g/mol. The molecule has 0 rings (SSSR count). The van der Waals surface area contributed by atoms with Crippen molar-refractivity contribution in [2.24, 2.45) is 11.8 Å². The molecule has 1 amide bonds. The molecule has 0 fully saturated rings. The fourth-order valence-electron chi connectivity index (χ4n) is 1.68. The summed E-state index contributed by atoms with van der Waals surface area (Å²) >= 11 is 0. The molecular formula is C13H23NO4. The number of ether oxygens (including phenoxy) is 2. The van der Waals surface area contributed by atoms with E-state index in [1.807, 2.05) is 26.8 Å². The largest absolute Gasteiger partial charge is 0.469 e. The molecule has 0 spiro atoms. The number of nitrogens with one attached hydrogen (secondary N) is 1. The van der Waals surface area contributed by atoms with Gasteiger partial charge in [0.2, 0.25) is 0 Å². The lowest BCUT2D eigenvalue weighted by atomic mass is 9.91. The van der Waals surface area contributed by atoms with Crippen molar-refractivity contribution in [2.45, 2.75) is 33.2 Å². The first kappa shape index (κ1) is 16.5. The second kappa shape index (κ2) is 8.55. The van der Waals surface area contributed by atoms with Crippen molar-refractivity contribution in [1.82, 2.24) is 5.32 Å². The fourth-order valence-corrected chi connectivity index (χ4v) is 1.68. The van der Waals surface area contributed by atoms with Crippen molar-refractivity contribution in [2.75, 3.05) is 14.2 Å². The Hall–Kier alpha value is -1.52. The summed E-state index contributed by atoms with van der Waals surface area (Å²) in [6, 6.07) is -0.0358. The number of hydrogen-bond acceptors (Lipinski definition) is 4. The van der Waals surface area contributed by atoms with E-state index in [1.165, 1.54) is 14.2 Å². The van der Waals surface area contributed by atoms with Crippen LogP contribution in [0.4, 0.5) is 4.79 Å². The third kappa shape index (κ3) is 6.27. The van der Waals surface area contributed by atoms with Crippen LogP contribution >= 0.6 is 0 Å². The molecule has 0 aliphatic heterocycles. The summed E-state index contributed by atoms with van der Waals surface area (Å²) in [7, 11) is 2.69. The highest BCUT2D eigenvalue weighted by molar-refractivity contribution is 5.70. The van der Waals surface area contributed by atoms with Crippen molar-refractivity contribution in [3.05, 3.63) is 12.2 Å². The van der Waals surface area contributed by atoms with Crippen LogP contribution in [0.25, 0.3) is 0 Å². The first-order valence-corrected chi connectivity index (χ1v) is 6.00. The average molecular weight is 257 g/mol. The Bertz CT molecular complexity index is 299. The zero-order valence-corrected chi connectivity index (χ0v) is 11.7. The quantitative estimate of drug-likeness (QED) is 0.584. The molecule has 0 aliphatic carbocycles. The van der Waals surface area contributed by atoms with Gasteiger partial charge in [-0.05, 0) is 11.8 Å². The maximum atomic E-state index is 11.2. The average Bonchev–Trinajstić information content (AvgIpc) is 2.34. The Balaban J connectivity index is 4.43. The van der Waals surface area contributed by atoms with Crippen LogP contribution in [-0.2, 0) is 14.3 Å². The first-order valence-electron chi connectivity index (χ1n) is 6.00. The number of alkyl carbamates (subject to hydrolysis) is 1. The molecular weight excluding hydrogens is 234 g/mol. The molecule has 0 saturated carbocycles. The van der Waals surface area contributed by atoms with E-state index in [0.717, 1.165) is 0 Å². The molecule has 0 radical (unpaired) electrons. The van der Waals surface area contributed by atoms with Crippen LogP contribution < -0.4 is 5.32 Å². The van der Waals surface area contributed by atoms with Crippen LogP contribution in [0, 0.1) is 11.8 Å². The minimum absolute atomic E-state index is 0.0358. The van der Waals surface area contributed by atoms with E-state index in [-0.39, 0.29) is 30.3 Å². The third-order valence-electron chi connectivity index (χ3n) is 2.71. The first-order chi connectivity index (χ1) is 8.42. The molecule has 0 aromatic rings. The van der Waals surface area contributed by atoms with Gasteiger partial charge in [0.1, 0.15) is 0 Å². The zero-order chi connectivity index (χ0) is 14.1. The van der Waals surface area contributed by atoms with Crippen molar-refractivity contribution in [1.29, 1.82) is 0 Å². The van der Waals surface area contributed by atoms with Crippen LogP contribution in [0.2, 0.25) is 0 Å². The topological polar surface area (TPSA) is 64.6 Å². The van der Waals surface area contributed by atoms with Gasteiger partial charge in [-0.25, -0.2) is 4.79 Å². The van der Waals surface area contributed by atoms with Gasteiger partial charge >= 0.3 is 12.1 Å². The number of rotatable bonds is 6. The van der Waals surface area contributed by atoms with Gasteiger partial charge in [-0.15, -0.1) is 0 Å². The van der Waals surface area contributed by atoms with Gasteiger partial charge in [0, 0.05) is 6.04 Å². The van der Waals surface area contributed by atoms with Crippen LogP contribution in [0.1, 0.15) is 27.2 Å². The lowest BCUT2D eigenvalue weighted by molar-refractivity contribution is -0.139. The van der Waals surface area contributed by atoms with Crippen molar-refractivity contribution in [3.8, 4) is 0 Å². The summed E-state index contributed by atoms with van der Waals surface area (Å²) in [6.07, 6.45) is 3.45. The number of carbonyl (C=O) groups excluding carboxylic acids is 2. The lowest BCUT2D eigenvalue weighted by Gasteiger charge is -2.25. The molecule has 5 heteroatoms. The number of carbonyl (C=O) groups is 2. The third-order valence-corrected chi connectivity index (χ3v) is 2.71. The van der Waals surface area contributed by atoms with E-state index < -0.39 is 6.09 Å². The van der Waals surface area contributed by atoms with Crippen molar-refractivity contribution < 1.29 is 19.1 Å². The summed E-state index contributed by atoms with van der Waals surface area (Å²) in [4.78, 5) is 22.2. The Morgan fingerprint density at radius 2 is 1.78 bits per heavy atom. The normalized spacial score (nSPS) is 14.3. The number of amides is 1. The highest BCUT2D eigenvalue weighted by Gasteiger charge is 2.21. The Kier molecular flexibility index (Phi) is 7.83. The molecule has 0 saturated heterocycles. The minimum atomic E-state index is -0.443. The SMILES string of the molecule is COC(=O)C/C=C/[C@@H](C)[C@H](NC(=O)OC)C(C)C. The van der Waals surface area contributed by atoms with Gasteiger partial charge in [0.25, 0.3) is 0 Å². The standard InChI is InChI=1S/C13H23NO4/c1-9(2)12(14-13(16)18-5)10(3)7-6-8-11(15)17-4/h6-7,9-10,12H,8H2,1-5H3,(H,14,16)/b7-6+/t10-,12-/m1/s1. The number of esters is 1. The van der Waals surface area contributed by atoms with Crippen molar-refractivity contribution in [3.63, 3.8) is 0 Å². The maximum Gasteiger partial charge on any atom is 0.407 e. The number of methoxy groups -OCH3 is 2. The van der Waals surface area contributed by atoms with Gasteiger partial charge in [-0.1, -0.05) is 32.9 Å². The molecule has 0 aromatic carbocycles. The summed E-state index contributed by atoms with van der Waals surface area (Å²) in [5, 5.41) is 2.79. The van der Waals surface area contributed by atoms with E-state index >= 15 is 0 Å². The second-order valence-corrected chi connectivity index (χ2v) is 4.47. The van der Waals surface area contributed by atoms with Gasteiger partial charge in [-0.3, -0.25) is 4.79 Å². The summed E-state index contributed by atoms with van der Waals surface area (Å²) in [5.74, 6) is 0.0936. The maximum absolute atomic E-state index is 11.2. The molecule has 1 N–H and O–H groups in total. The van der Waals surface area contributed by atoms with Crippen LogP contribution in [-0.4, -0.2) is 32.3 Å². The Morgan fingerprint density at radius 3 is 2.22 bits per heavy atom. The zero-order valence-electron chi connectivity index (χ0n) is 11.7. The molecule has 0 aliphatic rings. The molecule has 0 unspecified atom stereocenters. The smallest absolute Gasteiger partial charge is 0.407 e. The van der Waals surface area contributed by atoms with Gasteiger partial charge in [-0.2, -0.15) is 0 Å². The van der Waals surface area contributed by atoms with Gasteiger partial charge in [0.05, 0.1) is 20.6 Å². The lowest BCUT2D eigenvalue weighted by Crippen LogP contribution is -2.42. The second-order valence-electron chi connectivity index (χ2n) is 4.47. The van der Waals surface area contributed by atoms with Gasteiger partial charge in [0.15, 0.2) is 0 Å². The summed E-state index contributed by atoms with van der Waals surface area (Å²) in [5.41, 5.74) is 0. The van der Waals surface area contributed by atoms with Crippen LogP contribution in [0.5, 0.6) is 0 Å². The molecule has 0 bridgehead atoms. The van der Waals surface area contributed by atoms with E-state index in [0.29, 0.717) is 0 Å². The highest BCUT2D eigenvalue weighted by Crippen LogP contribution is 2.14. The molecule has 5 nitrogen and oxygen atoms in total. The van der Waals surface area contributed by atoms with E-state index in [2.05, 4.69) is 14.8 Å². The molecule has 0 heterocycles. The predicted molar refractivity (Wildman–Crippen MR) is 69.1 cm³/mol. The number of hydrogen-bond donors (Lipinski definition) is 1. The Morgan fingerprint density at radius 1 is 1.17 bits per heavy atom. The molecule has 2 atom stereocenters. The molecule has 18 heavy (non-hydrogen) atoms. The van der Waals surface area contributed by atoms with Gasteiger partial charge < -0.3 is 14.8 Å². The van der Waals surface area contributed by atoms with E-state index in [4.69, 9.17) is 0 Å². The molecule has 0 aromatic heterocycles. The fraction of sp³-hybridized carbons (Fsp3) is 0.692. The Labute approximate surface area is 109 Å².